The number of phenols is 1. The maximum Gasteiger partial charge on any atom is 0.271 e. The first kappa shape index (κ1) is 30.5. The number of phenolic OH excluding ortho intramolecular Hbond substituents is 1. The number of H-pyrrole nitrogens is 2. The lowest BCUT2D eigenvalue weighted by molar-refractivity contribution is -0.486. The molecule has 0 fully saturated rings. The fraction of sp³-hybridized carbons (Fsp3) is 0.139. The summed E-state index contributed by atoms with van der Waals surface area (Å²) in [5, 5.41) is 33.1. The number of benzene rings is 2. The van der Waals surface area contributed by atoms with Gasteiger partial charge in [-0.3, -0.25) is 28.8 Å². The molecule has 2 heterocycles. The third kappa shape index (κ3) is 3.86. The number of hydrogen-bond donors (Lipinski definition) is 6. The average molecular weight is 674 g/mol. The number of hydrazine groups is 1. The number of nitrogens with one attached hydrogen (secondary N) is 3. The molecule has 6 N–H and O–H groups in total. The van der Waals surface area contributed by atoms with E-state index >= 15 is 0 Å². The lowest BCUT2D eigenvalue weighted by Crippen LogP contribution is -2.51. The van der Waals surface area contributed by atoms with Gasteiger partial charge in [0.05, 0.1) is 50.5 Å². The van der Waals surface area contributed by atoms with E-state index in [4.69, 9.17) is 4.74 Å². The van der Waals surface area contributed by atoms with Crippen LogP contribution in [0.25, 0.3) is 33.2 Å². The number of aliphatic hydroxyl groups excluding tert-OH is 2. The molecule has 0 aliphatic heterocycles. The summed E-state index contributed by atoms with van der Waals surface area (Å²) >= 11 is 0. The van der Waals surface area contributed by atoms with E-state index in [0.29, 0.717) is 11.3 Å². The Hall–Kier alpha value is -6.83. The van der Waals surface area contributed by atoms with Gasteiger partial charge in [0.25, 0.3) is 17.2 Å². The molecule has 8 rings (SSSR count). The molecule has 14 heteroatoms. The standard InChI is InChI=1S/C36H24N4O10/c1-14(41)39-40(20-12-37-19-6-4-3-5-18(19)20)13-17-10-16-9-15-7-8-36(28(15)32(46)23(16)35(49)38-17)33(47)26-27(34(36)48)31(45)25-24(30(26)44)21(42)11-22(50-2)29(25)43/h3-6,9-13,37-38H,7-8H2,1-2H3,(H3,39,41,46,49)/p+1. The third-order valence-corrected chi connectivity index (χ3v) is 9.65. The summed E-state index contributed by atoms with van der Waals surface area (Å²) < 4.78 is 6.36. The number of aromatic hydroxyl groups is 1. The van der Waals surface area contributed by atoms with Gasteiger partial charge in [-0.1, -0.05) is 22.9 Å². The number of methoxy groups -OCH3 is 1. The van der Waals surface area contributed by atoms with Gasteiger partial charge in [0.2, 0.25) is 22.5 Å². The summed E-state index contributed by atoms with van der Waals surface area (Å²) in [7, 11) is 1.12. The van der Waals surface area contributed by atoms with Crippen molar-refractivity contribution in [2.24, 2.45) is 0 Å². The number of hydrazone groups is 1. The van der Waals surface area contributed by atoms with Gasteiger partial charge < -0.3 is 30.0 Å². The van der Waals surface area contributed by atoms with Crippen molar-refractivity contribution in [3.63, 3.8) is 0 Å². The van der Waals surface area contributed by atoms with Crippen LogP contribution in [0.4, 0.5) is 5.69 Å². The molecular weight excluding hydrogens is 648 g/mol. The lowest BCUT2D eigenvalue weighted by Gasteiger charge is -2.27. The number of ether oxygens (including phenoxy) is 1. The zero-order valence-corrected chi connectivity index (χ0v) is 26.3. The number of fused-ring (bicyclic) bond motifs is 5. The van der Waals surface area contributed by atoms with Crippen molar-refractivity contribution >= 4 is 51.0 Å². The lowest BCUT2D eigenvalue weighted by atomic mass is 9.78. The summed E-state index contributed by atoms with van der Waals surface area (Å²) in [6.45, 7) is 1.33. The van der Waals surface area contributed by atoms with Crippen molar-refractivity contribution in [2.75, 3.05) is 7.11 Å². The highest BCUT2D eigenvalue weighted by Gasteiger charge is 2.53. The fourth-order valence-corrected chi connectivity index (χ4v) is 7.56. The number of nitrogens with zero attached hydrogens (tertiary/aromatic N) is 1. The Morgan fingerprint density at radius 3 is 2.34 bits per heavy atom. The van der Waals surface area contributed by atoms with E-state index in [9.17, 15) is 44.1 Å². The molecule has 248 valence electrons. The Labute approximate surface area is 277 Å². The minimum Gasteiger partial charge on any atom is -0.510 e. The molecule has 1 unspecified atom stereocenters. The van der Waals surface area contributed by atoms with Crippen LogP contribution in [0.5, 0.6) is 11.5 Å². The van der Waals surface area contributed by atoms with Crippen molar-refractivity contribution in [3.05, 3.63) is 138 Å². The van der Waals surface area contributed by atoms with Crippen LogP contribution in [0.3, 0.4) is 0 Å². The molecule has 0 bridgehead atoms. The second kappa shape index (κ2) is 10.3. The van der Waals surface area contributed by atoms with Crippen LogP contribution in [0.1, 0.15) is 30.2 Å². The summed E-state index contributed by atoms with van der Waals surface area (Å²) in [6.07, 6.45) is 3.18. The third-order valence-electron chi connectivity index (χ3n) is 9.65. The van der Waals surface area contributed by atoms with Crippen LogP contribution in [0.2, 0.25) is 0 Å². The number of aromatic nitrogens is 2. The smallest absolute Gasteiger partial charge is 0.271 e. The molecule has 0 saturated carbocycles. The number of hydrogen-bond acceptors (Lipinski definition) is 10. The zero-order valence-electron chi connectivity index (χ0n) is 26.3. The minimum atomic E-state index is -2.02. The molecule has 1 atom stereocenters. The van der Waals surface area contributed by atoms with Crippen molar-refractivity contribution in [1.29, 1.82) is 0 Å². The van der Waals surface area contributed by atoms with E-state index < -0.39 is 76.6 Å². The van der Waals surface area contributed by atoms with E-state index in [2.05, 4.69) is 15.4 Å². The Morgan fingerprint density at radius 2 is 1.64 bits per heavy atom. The van der Waals surface area contributed by atoms with Gasteiger partial charge in [-0.25, -0.2) is 0 Å². The van der Waals surface area contributed by atoms with Gasteiger partial charge in [0.1, 0.15) is 28.4 Å². The van der Waals surface area contributed by atoms with Crippen LogP contribution < -0.4 is 47.9 Å². The van der Waals surface area contributed by atoms with E-state index in [-0.39, 0.29) is 40.8 Å². The first-order valence-electron chi connectivity index (χ1n) is 15.3. The molecule has 0 saturated heterocycles. The van der Waals surface area contributed by atoms with E-state index in [1.165, 1.54) is 17.8 Å². The number of aliphatic hydroxyl groups is 2. The number of carbonyl (C=O) groups is 1. The largest absolute Gasteiger partial charge is 0.510 e. The molecule has 1 amide bonds. The van der Waals surface area contributed by atoms with Gasteiger partial charge in [-0.05, 0) is 42.0 Å². The Balaban J connectivity index is 1.37. The molecule has 4 aliphatic carbocycles. The van der Waals surface area contributed by atoms with Gasteiger partial charge in [-0.15, -0.1) is 5.43 Å². The molecule has 14 nitrogen and oxygen atoms in total. The second-order valence-corrected chi connectivity index (χ2v) is 12.3. The average Bonchev–Trinajstić information content (AvgIpc) is 3.74. The van der Waals surface area contributed by atoms with Gasteiger partial charge in [0.15, 0.2) is 11.2 Å². The maximum atomic E-state index is 13.7. The molecule has 4 aromatic rings. The molecule has 0 radical (unpaired) electrons. The normalized spacial score (nSPS) is 16.9. The SMILES string of the molecule is COc1cc(=O)c2c(=O)c3c(c(=O)c=2c1=O)=C(O)C1(CCc2cc4cc(C=[N+](NC(C)=O)c5c[nH]c6ccccc56)[nH]c(=O)c4c(O)c21)C=3O. The number of amides is 1. The minimum absolute atomic E-state index is 0.0952. The van der Waals surface area contributed by atoms with Crippen LogP contribution in [0, 0.1) is 10.4 Å². The number of carbonyl (C=O) groups excluding carboxylic acids is 1. The number of pyridine rings is 1. The monoisotopic (exact) mass is 673 g/mol. The number of aryl methyl sites for hydroxylation is 1. The first-order chi connectivity index (χ1) is 23.9. The van der Waals surface area contributed by atoms with Crippen LogP contribution in [0.15, 0.2) is 72.6 Å². The van der Waals surface area contributed by atoms with Gasteiger partial charge in [-0.2, -0.15) is 0 Å². The summed E-state index contributed by atoms with van der Waals surface area (Å²) in [4.78, 5) is 84.9. The van der Waals surface area contributed by atoms with Crippen LogP contribution in [-0.4, -0.2) is 49.2 Å². The number of rotatable bonds is 4. The molecular formula is C36H25N4O10+. The van der Waals surface area contributed by atoms with Crippen LogP contribution in [-0.2, 0) is 16.6 Å². The second-order valence-electron chi connectivity index (χ2n) is 12.3. The molecule has 2 aromatic carbocycles. The Bertz CT molecular complexity index is 3080. The van der Waals surface area contributed by atoms with Crippen molar-refractivity contribution in [2.45, 2.75) is 25.2 Å². The Morgan fingerprint density at radius 1 is 0.940 bits per heavy atom. The van der Waals surface area contributed by atoms with E-state index in [1.54, 1.807) is 18.3 Å². The van der Waals surface area contributed by atoms with Crippen LogP contribution >= 0.6 is 0 Å². The van der Waals surface area contributed by atoms with Crippen molar-refractivity contribution < 1.29 is 29.5 Å². The predicted octanol–water partition coefficient (Wildman–Crippen LogP) is -0.191. The Kier molecular flexibility index (Phi) is 6.30. The fourth-order valence-electron chi connectivity index (χ4n) is 7.56. The molecule has 4 aliphatic rings. The molecule has 50 heavy (non-hydrogen) atoms. The number of aromatic amines is 2. The zero-order chi connectivity index (χ0) is 35.4. The van der Waals surface area contributed by atoms with E-state index in [1.807, 2.05) is 24.3 Å². The summed E-state index contributed by atoms with van der Waals surface area (Å²) in [6, 6.07) is 11.3. The topological polar surface area (TPSA) is 219 Å². The first-order valence-corrected chi connectivity index (χ1v) is 15.3. The summed E-state index contributed by atoms with van der Waals surface area (Å²) in [5.74, 6) is -3.02. The summed E-state index contributed by atoms with van der Waals surface area (Å²) in [5.41, 5.74) is -2.39. The maximum absolute atomic E-state index is 13.7. The van der Waals surface area contributed by atoms with Crippen molar-refractivity contribution in [3.8, 4) is 11.5 Å². The number of para-hydroxylation sites is 1. The highest BCUT2D eigenvalue weighted by molar-refractivity contribution is 5.96. The molecule has 2 aromatic heterocycles. The van der Waals surface area contributed by atoms with Crippen molar-refractivity contribution in [1.82, 2.24) is 15.4 Å². The van der Waals surface area contributed by atoms with E-state index in [0.717, 1.165) is 24.1 Å². The highest BCUT2D eigenvalue weighted by Crippen LogP contribution is 2.54. The van der Waals surface area contributed by atoms with Gasteiger partial charge >= 0.3 is 0 Å². The quantitative estimate of drug-likeness (QED) is 0.0823. The highest BCUT2D eigenvalue weighted by atomic mass is 16.5. The predicted molar refractivity (Wildman–Crippen MR) is 181 cm³/mol. The van der Waals surface area contributed by atoms with Gasteiger partial charge in [0, 0.05) is 18.6 Å². The molecule has 1 spiro atoms.